The second-order valence-corrected chi connectivity index (χ2v) is 5.50. The Hall–Kier alpha value is -0.890. The van der Waals surface area contributed by atoms with Gasteiger partial charge in [-0.1, -0.05) is 31.4 Å². The van der Waals surface area contributed by atoms with E-state index in [1.165, 1.54) is 31.4 Å². The Bertz CT molecular complexity index is 350. The van der Waals surface area contributed by atoms with Gasteiger partial charge in [-0.15, -0.1) is 0 Å². The summed E-state index contributed by atoms with van der Waals surface area (Å²) in [5, 5.41) is 10.6. The first-order chi connectivity index (χ1) is 8.08. The Morgan fingerprint density at radius 1 is 1.18 bits per heavy atom. The van der Waals surface area contributed by atoms with Crippen molar-refractivity contribution in [1.82, 2.24) is 0 Å². The third-order valence-corrected chi connectivity index (χ3v) is 3.96. The summed E-state index contributed by atoms with van der Waals surface area (Å²) >= 11 is 0. The van der Waals surface area contributed by atoms with Crippen LogP contribution in [0.2, 0.25) is 0 Å². The van der Waals surface area contributed by atoms with Crippen LogP contribution in [0.1, 0.15) is 44.6 Å². The van der Waals surface area contributed by atoms with Crippen LogP contribution in [0.4, 0.5) is 4.39 Å². The van der Waals surface area contributed by atoms with Crippen LogP contribution in [0.25, 0.3) is 0 Å². The van der Waals surface area contributed by atoms with Gasteiger partial charge in [0.1, 0.15) is 5.82 Å². The average Bonchev–Trinajstić information content (AvgIpc) is 2.33. The molecule has 0 heterocycles. The summed E-state index contributed by atoms with van der Waals surface area (Å²) < 4.78 is 12.8. The highest BCUT2D eigenvalue weighted by molar-refractivity contribution is 5.18. The van der Waals surface area contributed by atoms with E-state index in [9.17, 15) is 9.50 Å². The molecule has 17 heavy (non-hydrogen) atoms. The van der Waals surface area contributed by atoms with Gasteiger partial charge in [0.15, 0.2) is 0 Å². The maximum atomic E-state index is 12.8. The molecule has 0 spiro atoms. The summed E-state index contributed by atoms with van der Waals surface area (Å²) in [6.07, 6.45) is 6.61. The minimum Gasteiger partial charge on any atom is -0.390 e. The van der Waals surface area contributed by atoms with E-state index >= 15 is 0 Å². The summed E-state index contributed by atoms with van der Waals surface area (Å²) in [7, 11) is 0. The highest BCUT2D eigenvalue weighted by Crippen LogP contribution is 2.34. The van der Waals surface area contributed by atoms with E-state index in [-0.39, 0.29) is 5.82 Å². The monoisotopic (exact) mass is 236 g/mol. The Balaban J connectivity index is 2.02. The molecule has 0 saturated heterocycles. The van der Waals surface area contributed by atoms with E-state index in [1.807, 2.05) is 6.92 Å². The highest BCUT2D eigenvalue weighted by Gasteiger charge is 2.32. The first-order valence-corrected chi connectivity index (χ1v) is 6.55. The normalized spacial score (nSPS) is 21.1. The van der Waals surface area contributed by atoms with Crippen LogP contribution in [0.5, 0.6) is 0 Å². The van der Waals surface area contributed by atoms with Crippen LogP contribution in [0.15, 0.2) is 24.3 Å². The van der Waals surface area contributed by atoms with E-state index in [4.69, 9.17) is 0 Å². The minimum atomic E-state index is -0.655. The molecule has 0 radical (unpaired) electrons. The molecule has 0 bridgehead atoms. The van der Waals surface area contributed by atoms with Crippen LogP contribution < -0.4 is 0 Å². The SMILES string of the molecule is CC(O)(Cc1ccc(F)cc1)C1CCCCC1. The van der Waals surface area contributed by atoms with E-state index in [0.29, 0.717) is 12.3 Å². The van der Waals surface area contributed by atoms with Gasteiger partial charge in [0, 0.05) is 6.42 Å². The summed E-state index contributed by atoms with van der Waals surface area (Å²) in [6.45, 7) is 1.92. The van der Waals surface area contributed by atoms with Gasteiger partial charge in [-0.25, -0.2) is 4.39 Å². The molecule has 1 saturated carbocycles. The molecule has 1 atom stereocenters. The van der Waals surface area contributed by atoms with Crippen LogP contribution >= 0.6 is 0 Å². The lowest BCUT2D eigenvalue weighted by molar-refractivity contribution is -0.0159. The Morgan fingerprint density at radius 2 is 1.76 bits per heavy atom. The van der Waals surface area contributed by atoms with Gasteiger partial charge in [-0.2, -0.15) is 0 Å². The number of halogens is 1. The predicted molar refractivity (Wildman–Crippen MR) is 67.3 cm³/mol. The minimum absolute atomic E-state index is 0.217. The fourth-order valence-corrected chi connectivity index (χ4v) is 2.88. The number of hydrogen-bond acceptors (Lipinski definition) is 1. The quantitative estimate of drug-likeness (QED) is 0.848. The van der Waals surface area contributed by atoms with Gasteiger partial charge in [-0.3, -0.25) is 0 Å². The zero-order valence-electron chi connectivity index (χ0n) is 10.5. The molecule has 2 heteroatoms. The molecular weight excluding hydrogens is 215 g/mol. The molecule has 0 aromatic heterocycles. The molecule has 1 aromatic carbocycles. The predicted octanol–water partition coefficient (Wildman–Crippen LogP) is 3.70. The summed E-state index contributed by atoms with van der Waals surface area (Å²) in [6, 6.07) is 6.47. The zero-order chi connectivity index (χ0) is 12.3. The summed E-state index contributed by atoms with van der Waals surface area (Å²) in [4.78, 5) is 0. The third kappa shape index (κ3) is 3.29. The van der Waals surface area contributed by atoms with E-state index in [1.54, 1.807) is 12.1 Å². The molecule has 94 valence electrons. The third-order valence-electron chi connectivity index (χ3n) is 3.96. The number of benzene rings is 1. The van der Waals surface area contributed by atoms with Crippen molar-refractivity contribution in [3.63, 3.8) is 0 Å². The molecule has 1 aliphatic carbocycles. The molecule has 2 rings (SSSR count). The van der Waals surface area contributed by atoms with Crippen molar-refractivity contribution in [2.75, 3.05) is 0 Å². The topological polar surface area (TPSA) is 20.2 Å². The van der Waals surface area contributed by atoms with Crippen molar-refractivity contribution >= 4 is 0 Å². The van der Waals surface area contributed by atoms with Gasteiger partial charge < -0.3 is 5.11 Å². The molecular formula is C15H21FO. The van der Waals surface area contributed by atoms with E-state index in [0.717, 1.165) is 18.4 Å². The second-order valence-electron chi connectivity index (χ2n) is 5.50. The van der Waals surface area contributed by atoms with Gasteiger partial charge in [-0.05, 0) is 43.4 Å². The highest BCUT2D eigenvalue weighted by atomic mass is 19.1. The maximum absolute atomic E-state index is 12.8. The van der Waals surface area contributed by atoms with Crippen LogP contribution in [-0.4, -0.2) is 10.7 Å². The standard InChI is InChI=1S/C15H21FO/c1-15(17,13-5-3-2-4-6-13)11-12-7-9-14(16)10-8-12/h7-10,13,17H,2-6,11H2,1H3. The maximum Gasteiger partial charge on any atom is 0.123 e. The first kappa shape index (κ1) is 12.6. The Morgan fingerprint density at radius 3 is 2.35 bits per heavy atom. The molecule has 1 nitrogen and oxygen atoms in total. The van der Waals surface area contributed by atoms with Gasteiger partial charge in [0.05, 0.1) is 5.60 Å². The Kier molecular flexibility index (Phi) is 3.82. The van der Waals surface area contributed by atoms with Crippen LogP contribution in [0.3, 0.4) is 0 Å². The van der Waals surface area contributed by atoms with Crippen LogP contribution in [0, 0.1) is 11.7 Å². The molecule has 1 aliphatic rings. The zero-order valence-corrected chi connectivity index (χ0v) is 10.5. The van der Waals surface area contributed by atoms with Crippen molar-refractivity contribution < 1.29 is 9.50 Å². The summed E-state index contributed by atoms with van der Waals surface area (Å²) in [5.41, 5.74) is 0.361. The van der Waals surface area contributed by atoms with Crippen LogP contribution in [-0.2, 0) is 6.42 Å². The number of rotatable bonds is 3. The Labute approximate surface area is 103 Å². The molecule has 1 fully saturated rings. The molecule has 0 aliphatic heterocycles. The molecule has 1 unspecified atom stereocenters. The van der Waals surface area contributed by atoms with Crippen molar-refractivity contribution in [3.05, 3.63) is 35.6 Å². The fraction of sp³-hybridized carbons (Fsp3) is 0.600. The number of hydrogen-bond donors (Lipinski definition) is 1. The molecule has 1 N–H and O–H groups in total. The second kappa shape index (κ2) is 5.18. The lowest BCUT2D eigenvalue weighted by Gasteiger charge is -2.35. The fourth-order valence-electron chi connectivity index (χ4n) is 2.88. The number of aliphatic hydroxyl groups is 1. The van der Waals surface area contributed by atoms with Crippen molar-refractivity contribution in [2.45, 2.75) is 51.0 Å². The van der Waals surface area contributed by atoms with E-state index < -0.39 is 5.60 Å². The van der Waals surface area contributed by atoms with Gasteiger partial charge >= 0.3 is 0 Å². The van der Waals surface area contributed by atoms with Gasteiger partial charge in [0.25, 0.3) is 0 Å². The van der Waals surface area contributed by atoms with Gasteiger partial charge in [0.2, 0.25) is 0 Å². The molecule has 1 aromatic rings. The smallest absolute Gasteiger partial charge is 0.123 e. The largest absolute Gasteiger partial charge is 0.390 e. The van der Waals surface area contributed by atoms with E-state index in [2.05, 4.69) is 0 Å². The first-order valence-electron chi connectivity index (χ1n) is 6.55. The summed E-state index contributed by atoms with van der Waals surface area (Å²) in [5.74, 6) is 0.173. The van der Waals surface area contributed by atoms with Crippen molar-refractivity contribution in [3.8, 4) is 0 Å². The lowest BCUT2D eigenvalue weighted by Crippen LogP contribution is -2.38. The lowest BCUT2D eigenvalue weighted by atomic mass is 9.75. The van der Waals surface area contributed by atoms with Crippen molar-refractivity contribution in [1.29, 1.82) is 0 Å². The average molecular weight is 236 g/mol. The molecule has 0 amide bonds. The van der Waals surface area contributed by atoms with Crippen molar-refractivity contribution in [2.24, 2.45) is 5.92 Å².